The number of hydrogen-bond donors (Lipinski definition) is 2. The number of rotatable bonds is 5. The van der Waals surface area contributed by atoms with Gasteiger partial charge in [0.25, 0.3) is 5.91 Å². The molecular formula is C19H22FN5O2. The first-order chi connectivity index (χ1) is 13.0. The number of nitrogens with zero attached hydrogens (tertiary/aromatic N) is 3. The lowest BCUT2D eigenvalue weighted by molar-refractivity contribution is -0.115. The van der Waals surface area contributed by atoms with Crippen molar-refractivity contribution in [1.82, 2.24) is 15.2 Å². The lowest BCUT2D eigenvalue weighted by atomic mass is 10.2. The average Bonchev–Trinajstić information content (AvgIpc) is 2.68. The molecule has 1 saturated heterocycles. The number of pyridine rings is 1. The number of carbonyl (C=O) groups is 2. The molecule has 0 atom stereocenters. The molecule has 2 heterocycles. The zero-order chi connectivity index (χ0) is 19.2. The number of amides is 2. The molecule has 1 aliphatic rings. The Hall–Kier alpha value is -3.00. The van der Waals surface area contributed by atoms with Gasteiger partial charge >= 0.3 is 0 Å². The summed E-state index contributed by atoms with van der Waals surface area (Å²) >= 11 is 0. The standard InChI is InChI=1S/C19H22FN5O2/c1-24-8-10-25(11-9-24)17-7-6-16(12-21-17)23-18(26)13-22-19(27)14-2-4-15(20)5-3-14/h2-7,12H,8-11,13H2,1H3,(H,22,27)(H,23,26). The zero-order valence-corrected chi connectivity index (χ0v) is 15.1. The van der Waals surface area contributed by atoms with Gasteiger partial charge in [-0.15, -0.1) is 0 Å². The highest BCUT2D eigenvalue weighted by Crippen LogP contribution is 2.15. The summed E-state index contributed by atoms with van der Waals surface area (Å²) in [5.74, 6) is -0.337. The molecule has 2 aromatic rings. The van der Waals surface area contributed by atoms with Gasteiger partial charge in [-0.25, -0.2) is 9.37 Å². The van der Waals surface area contributed by atoms with E-state index in [-0.39, 0.29) is 12.5 Å². The first-order valence-electron chi connectivity index (χ1n) is 8.74. The normalized spacial score (nSPS) is 14.7. The Morgan fingerprint density at radius 2 is 1.78 bits per heavy atom. The molecule has 0 aliphatic carbocycles. The molecule has 1 aromatic carbocycles. The van der Waals surface area contributed by atoms with E-state index in [1.165, 1.54) is 24.3 Å². The van der Waals surface area contributed by atoms with Crippen LogP contribution in [0.25, 0.3) is 0 Å². The predicted octanol–water partition coefficient (Wildman–Crippen LogP) is 1.34. The highest BCUT2D eigenvalue weighted by atomic mass is 19.1. The van der Waals surface area contributed by atoms with E-state index in [0.29, 0.717) is 11.3 Å². The number of nitrogens with one attached hydrogen (secondary N) is 2. The van der Waals surface area contributed by atoms with Crippen LogP contribution in [0.3, 0.4) is 0 Å². The number of piperazine rings is 1. The van der Waals surface area contributed by atoms with Gasteiger partial charge in [-0.1, -0.05) is 0 Å². The summed E-state index contributed by atoms with van der Waals surface area (Å²) in [5, 5.41) is 5.19. The lowest BCUT2D eigenvalue weighted by Crippen LogP contribution is -2.44. The highest BCUT2D eigenvalue weighted by Gasteiger charge is 2.15. The summed E-state index contributed by atoms with van der Waals surface area (Å²) in [5.41, 5.74) is 0.858. The minimum atomic E-state index is -0.436. The second kappa shape index (κ2) is 8.59. The van der Waals surface area contributed by atoms with E-state index in [2.05, 4.69) is 32.5 Å². The minimum absolute atomic E-state index is 0.184. The van der Waals surface area contributed by atoms with Crippen LogP contribution in [0.15, 0.2) is 42.6 Å². The quantitative estimate of drug-likeness (QED) is 0.830. The molecule has 3 rings (SSSR count). The van der Waals surface area contributed by atoms with Crippen LogP contribution in [0, 0.1) is 5.82 Å². The van der Waals surface area contributed by atoms with Crippen molar-refractivity contribution in [1.29, 1.82) is 0 Å². The first kappa shape index (κ1) is 18.8. The Kier molecular flexibility index (Phi) is 5.97. The van der Waals surface area contributed by atoms with Crippen molar-refractivity contribution in [2.24, 2.45) is 0 Å². The Morgan fingerprint density at radius 1 is 1.07 bits per heavy atom. The molecule has 1 aliphatic heterocycles. The van der Waals surface area contributed by atoms with E-state index in [4.69, 9.17) is 0 Å². The average molecular weight is 371 g/mol. The number of aromatic nitrogens is 1. The van der Waals surface area contributed by atoms with Crippen LogP contribution in [0.4, 0.5) is 15.9 Å². The Morgan fingerprint density at radius 3 is 2.41 bits per heavy atom. The van der Waals surface area contributed by atoms with E-state index in [1.54, 1.807) is 12.3 Å². The first-order valence-corrected chi connectivity index (χ1v) is 8.74. The smallest absolute Gasteiger partial charge is 0.251 e. The fourth-order valence-corrected chi connectivity index (χ4v) is 2.75. The van der Waals surface area contributed by atoms with Crippen molar-refractivity contribution in [2.75, 3.05) is 50.0 Å². The monoisotopic (exact) mass is 371 g/mol. The van der Waals surface area contributed by atoms with Gasteiger partial charge in [0.15, 0.2) is 0 Å². The fraction of sp³-hybridized carbons (Fsp3) is 0.316. The van der Waals surface area contributed by atoms with E-state index in [9.17, 15) is 14.0 Å². The molecule has 27 heavy (non-hydrogen) atoms. The van der Waals surface area contributed by atoms with E-state index in [0.717, 1.165) is 32.0 Å². The molecule has 1 fully saturated rings. The summed E-state index contributed by atoms with van der Waals surface area (Å²) in [6.45, 7) is 3.65. The maximum absolute atomic E-state index is 12.9. The van der Waals surface area contributed by atoms with Crippen molar-refractivity contribution in [3.05, 3.63) is 54.0 Å². The van der Waals surface area contributed by atoms with Crippen LogP contribution in [0.2, 0.25) is 0 Å². The van der Waals surface area contributed by atoms with Crippen molar-refractivity contribution in [2.45, 2.75) is 0 Å². The van der Waals surface area contributed by atoms with Gasteiger partial charge in [0, 0.05) is 31.7 Å². The SMILES string of the molecule is CN1CCN(c2ccc(NC(=O)CNC(=O)c3ccc(F)cc3)cn2)CC1. The molecule has 142 valence electrons. The van der Waals surface area contributed by atoms with Crippen LogP contribution in [-0.4, -0.2) is 61.5 Å². The second-order valence-electron chi connectivity index (χ2n) is 6.43. The van der Waals surface area contributed by atoms with Crippen molar-refractivity contribution < 1.29 is 14.0 Å². The van der Waals surface area contributed by atoms with Gasteiger partial charge in [0.1, 0.15) is 11.6 Å². The number of carbonyl (C=O) groups excluding carboxylic acids is 2. The number of halogens is 1. The molecule has 0 bridgehead atoms. The maximum atomic E-state index is 12.9. The topological polar surface area (TPSA) is 77.6 Å². The molecule has 7 nitrogen and oxygen atoms in total. The Balaban J connectivity index is 1.47. The molecule has 0 unspecified atom stereocenters. The molecule has 2 amide bonds. The fourth-order valence-electron chi connectivity index (χ4n) is 2.75. The molecule has 1 aromatic heterocycles. The number of anilines is 2. The minimum Gasteiger partial charge on any atom is -0.354 e. The maximum Gasteiger partial charge on any atom is 0.251 e. The second-order valence-corrected chi connectivity index (χ2v) is 6.43. The van der Waals surface area contributed by atoms with E-state index < -0.39 is 11.7 Å². The molecular weight excluding hydrogens is 349 g/mol. The van der Waals surface area contributed by atoms with Gasteiger partial charge in [-0.05, 0) is 43.4 Å². The van der Waals surface area contributed by atoms with Crippen LogP contribution >= 0.6 is 0 Å². The van der Waals surface area contributed by atoms with Gasteiger partial charge in [0.05, 0.1) is 18.4 Å². The summed E-state index contributed by atoms with van der Waals surface area (Å²) in [4.78, 5) is 32.8. The van der Waals surface area contributed by atoms with Gasteiger partial charge < -0.3 is 20.4 Å². The molecule has 2 N–H and O–H groups in total. The molecule has 8 heteroatoms. The van der Waals surface area contributed by atoms with Crippen molar-refractivity contribution in [3.8, 4) is 0 Å². The number of hydrogen-bond acceptors (Lipinski definition) is 5. The van der Waals surface area contributed by atoms with E-state index >= 15 is 0 Å². The summed E-state index contributed by atoms with van der Waals surface area (Å²) in [6, 6.07) is 8.79. The Bertz CT molecular complexity index is 787. The van der Waals surface area contributed by atoms with Crippen LogP contribution < -0.4 is 15.5 Å². The van der Waals surface area contributed by atoms with E-state index in [1.807, 2.05) is 6.07 Å². The summed E-state index contributed by atoms with van der Waals surface area (Å²) in [6.07, 6.45) is 1.60. The third-order valence-corrected chi connectivity index (χ3v) is 4.37. The predicted molar refractivity (Wildman–Crippen MR) is 101 cm³/mol. The van der Waals surface area contributed by atoms with Crippen molar-refractivity contribution >= 4 is 23.3 Å². The van der Waals surface area contributed by atoms with Gasteiger partial charge in [-0.3, -0.25) is 9.59 Å². The molecule has 0 spiro atoms. The largest absolute Gasteiger partial charge is 0.354 e. The number of benzene rings is 1. The third-order valence-electron chi connectivity index (χ3n) is 4.37. The number of likely N-dealkylation sites (N-methyl/N-ethyl adjacent to an activating group) is 1. The summed E-state index contributed by atoms with van der Waals surface area (Å²) < 4.78 is 12.9. The van der Waals surface area contributed by atoms with Gasteiger partial charge in [0.2, 0.25) is 5.91 Å². The van der Waals surface area contributed by atoms with Crippen LogP contribution in [0.1, 0.15) is 10.4 Å². The van der Waals surface area contributed by atoms with Crippen molar-refractivity contribution in [3.63, 3.8) is 0 Å². The molecule has 0 saturated carbocycles. The van der Waals surface area contributed by atoms with Crippen LogP contribution in [0.5, 0.6) is 0 Å². The van der Waals surface area contributed by atoms with Gasteiger partial charge in [-0.2, -0.15) is 0 Å². The summed E-state index contributed by atoms with van der Waals surface area (Å²) in [7, 11) is 2.10. The highest BCUT2D eigenvalue weighted by molar-refractivity contribution is 5.99. The molecule has 0 radical (unpaired) electrons. The lowest BCUT2D eigenvalue weighted by Gasteiger charge is -2.33. The zero-order valence-electron chi connectivity index (χ0n) is 15.1. The third kappa shape index (κ3) is 5.24. The van der Waals surface area contributed by atoms with Crippen LogP contribution in [-0.2, 0) is 4.79 Å². The Labute approximate surface area is 157 Å².